The van der Waals surface area contributed by atoms with Gasteiger partial charge >= 0.3 is 5.97 Å². The molecule has 0 atom stereocenters. The second-order valence-electron chi connectivity index (χ2n) is 7.69. The van der Waals surface area contributed by atoms with Crippen LogP contribution in [0.4, 0.5) is 5.82 Å². The molecule has 9 heteroatoms. The number of aryl methyl sites for hydroxylation is 1. The number of carbonyl (C=O) groups excluding carboxylic acids is 1. The van der Waals surface area contributed by atoms with Crippen molar-refractivity contribution in [2.45, 2.75) is 46.1 Å². The summed E-state index contributed by atoms with van der Waals surface area (Å²) in [6.07, 6.45) is 0.953. The zero-order valence-corrected chi connectivity index (χ0v) is 17.3. The summed E-state index contributed by atoms with van der Waals surface area (Å²) in [4.78, 5) is 16.2. The van der Waals surface area contributed by atoms with Crippen LogP contribution in [-0.2, 0) is 22.4 Å². The van der Waals surface area contributed by atoms with Gasteiger partial charge in [0.05, 0.1) is 6.42 Å². The summed E-state index contributed by atoms with van der Waals surface area (Å²) < 4.78 is 6.63. The van der Waals surface area contributed by atoms with Crippen molar-refractivity contribution in [1.82, 2.24) is 9.78 Å². The quantitative estimate of drug-likeness (QED) is 0.331. The van der Waals surface area contributed by atoms with Gasteiger partial charge in [-0.1, -0.05) is 24.3 Å². The Balaban J connectivity index is 1.84. The van der Waals surface area contributed by atoms with Gasteiger partial charge in [0.2, 0.25) is 5.96 Å². The highest BCUT2D eigenvalue weighted by Crippen LogP contribution is 2.12. The van der Waals surface area contributed by atoms with Crippen LogP contribution in [0, 0.1) is 12.3 Å². The Morgan fingerprint density at radius 3 is 2.41 bits per heavy atom. The lowest BCUT2D eigenvalue weighted by Gasteiger charge is -2.19. The average Bonchev–Trinajstić information content (AvgIpc) is 2.95. The summed E-state index contributed by atoms with van der Waals surface area (Å²) in [6, 6.07) is 9.50. The van der Waals surface area contributed by atoms with Crippen LogP contribution in [0.3, 0.4) is 0 Å². The molecular formula is C20H29N7O2. The van der Waals surface area contributed by atoms with Gasteiger partial charge in [-0.2, -0.15) is 0 Å². The fraction of sp³-hybridized carbons (Fsp3) is 0.400. The number of hydrogen-bond acceptors (Lipinski definition) is 5. The smallest absolute Gasteiger partial charge is 0.310 e. The minimum atomic E-state index is -0.480. The Labute approximate surface area is 170 Å². The lowest BCUT2D eigenvalue weighted by atomic mass is 10.1. The van der Waals surface area contributed by atoms with Crippen LogP contribution in [0.25, 0.3) is 0 Å². The summed E-state index contributed by atoms with van der Waals surface area (Å²) in [5.74, 6) is 0.308. The Morgan fingerprint density at radius 2 is 1.86 bits per heavy atom. The number of aromatic nitrogens is 2. The van der Waals surface area contributed by atoms with Gasteiger partial charge in [0, 0.05) is 18.3 Å². The van der Waals surface area contributed by atoms with E-state index in [1.165, 1.54) is 4.68 Å². The summed E-state index contributed by atoms with van der Waals surface area (Å²) in [5, 5.41) is 14.4. The van der Waals surface area contributed by atoms with Gasteiger partial charge in [0.1, 0.15) is 5.60 Å². The maximum Gasteiger partial charge on any atom is 0.310 e. The first-order valence-electron chi connectivity index (χ1n) is 9.31. The van der Waals surface area contributed by atoms with Crippen LogP contribution >= 0.6 is 0 Å². The lowest BCUT2D eigenvalue weighted by molar-refractivity contribution is -0.153. The highest BCUT2D eigenvalue weighted by Gasteiger charge is 2.16. The van der Waals surface area contributed by atoms with Crippen LogP contribution < -0.4 is 16.8 Å². The van der Waals surface area contributed by atoms with Crippen molar-refractivity contribution in [3.8, 4) is 0 Å². The van der Waals surface area contributed by atoms with Crippen LogP contribution in [-0.4, -0.2) is 39.8 Å². The van der Waals surface area contributed by atoms with E-state index in [2.05, 4.69) is 15.4 Å². The number of guanidine groups is 1. The topological polar surface area (TPSA) is 144 Å². The summed E-state index contributed by atoms with van der Waals surface area (Å²) in [7, 11) is 0. The lowest BCUT2D eigenvalue weighted by Crippen LogP contribution is -2.25. The van der Waals surface area contributed by atoms with E-state index in [-0.39, 0.29) is 24.3 Å². The third-order valence-electron chi connectivity index (χ3n) is 3.85. The second kappa shape index (κ2) is 9.22. The minimum absolute atomic E-state index is 0.166. The van der Waals surface area contributed by atoms with Gasteiger partial charge in [-0.05, 0) is 45.2 Å². The molecule has 0 fully saturated rings. The van der Waals surface area contributed by atoms with Crippen LogP contribution in [0.1, 0.15) is 37.6 Å². The number of ether oxygens (including phenoxy) is 1. The molecule has 0 spiro atoms. The first-order valence-corrected chi connectivity index (χ1v) is 9.31. The molecule has 0 aliphatic carbocycles. The molecule has 0 saturated heterocycles. The van der Waals surface area contributed by atoms with Crippen molar-refractivity contribution < 1.29 is 9.53 Å². The van der Waals surface area contributed by atoms with Crippen molar-refractivity contribution in [2.75, 3.05) is 11.9 Å². The number of esters is 1. The number of rotatable bonds is 6. The molecule has 6 N–H and O–H groups in total. The van der Waals surface area contributed by atoms with Crippen molar-refractivity contribution in [3.63, 3.8) is 0 Å². The Bertz CT molecular complexity index is 893. The molecule has 0 aliphatic heterocycles. The Morgan fingerprint density at radius 1 is 1.24 bits per heavy atom. The summed E-state index contributed by atoms with van der Waals surface area (Å²) >= 11 is 0. The maximum atomic E-state index is 11.9. The van der Waals surface area contributed by atoms with Gasteiger partial charge in [-0.3, -0.25) is 15.2 Å². The SMILES string of the molecule is Cc1cc(NC(N)=NCCc2ccc(CC(=O)OC(C)(C)C)cc2)nn1C(=N)N. The van der Waals surface area contributed by atoms with E-state index in [1.54, 1.807) is 13.0 Å². The predicted molar refractivity (Wildman–Crippen MR) is 114 cm³/mol. The van der Waals surface area contributed by atoms with Gasteiger partial charge < -0.3 is 21.5 Å². The zero-order chi connectivity index (χ0) is 21.6. The largest absolute Gasteiger partial charge is 0.460 e. The summed E-state index contributed by atoms with van der Waals surface area (Å²) in [6.45, 7) is 7.84. The maximum absolute atomic E-state index is 11.9. The van der Waals surface area contributed by atoms with E-state index in [9.17, 15) is 4.79 Å². The number of hydrogen-bond donors (Lipinski definition) is 4. The van der Waals surface area contributed by atoms with E-state index in [4.69, 9.17) is 21.6 Å². The molecule has 2 aromatic rings. The van der Waals surface area contributed by atoms with Crippen molar-refractivity contribution in [1.29, 1.82) is 5.41 Å². The van der Waals surface area contributed by atoms with E-state index < -0.39 is 5.60 Å². The first kappa shape index (κ1) is 21.9. The molecule has 0 saturated carbocycles. The third kappa shape index (κ3) is 7.28. The van der Waals surface area contributed by atoms with Crippen LogP contribution in [0.5, 0.6) is 0 Å². The second-order valence-corrected chi connectivity index (χ2v) is 7.69. The Kier molecular flexibility index (Phi) is 6.98. The molecule has 156 valence electrons. The number of aliphatic imine (C=N–C) groups is 1. The number of nitrogens with one attached hydrogen (secondary N) is 2. The number of carbonyl (C=O) groups is 1. The fourth-order valence-electron chi connectivity index (χ4n) is 2.62. The molecule has 0 unspecified atom stereocenters. The number of nitrogens with zero attached hydrogens (tertiary/aromatic N) is 3. The highest BCUT2D eigenvalue weighted by atomic mass is 16.6. The third-order valence-corrected chi connectivity index (χ3v) is 3.85. The average molecular weight is 399 g/mol. The van der Waals surface area contributed by atoms with Crippen molar-refractivity contribution >= 4 is 23.7 Å². The monoisotopic (exact) mass is 399 g/mol. The molecule has 2 rings (SSSR count). The molecule has 29 heavy (non-hydrogen) atoms. The standard InChI is InChI=1S/C20H29N7O2/c1-13-11-16(26-27(13)18(21)22)25-19(23)24-10-9-14-5-7-15(8-6-14)12-17(28)29-20(2,3)4/h5-8,11H,9-10,12H2,1-4H3,(H3,21,22)(H3,23,24,25,26). The Hall–Kier alpha value is -3.36. The number of nitrogens with two attached hydrogens (primary N) is 2. The first-order chi connectivity index (χ1) is 13.5. The van der Waals surface area contributed by atoms with Gasteiger partial charge in [0.15, 0.2) is 11.8 Å². The molecule has 1 aromatic carbocycles. The van der Waals surface area contributed by atoms with E-state index in [0.717, 1.165) is 16.8 Å². The van der Waals surface area contributed by atoms with E-state index in [0.29, 0.717) is 18.8 Å². The van der Waals surface area contributed by atoms with Gasteiger partial charge in [0.25, 0.3) is 0 Å². The molecule has 0 radical (unpaired) electrons. The van der Waals surface area contributed by atoms with Gasteiger partial charge in [-0.15, -0.1) is 5.10 Å². The number of anilines is 1. The summed E-state index contributed by atoms with van der Waals surface area (Å²) in [5.41, 5.74) is 13.6. The van der Waals surface area contributed by atoms with E-state index in [1.807, 2.05) is 45.0 Å². The molecule has 1 heterocycles. The normalized spacial score (nSPS) is 11.9. The minimum Gasteiger partial charge on any atom is -0.460 e. The molecule has 9 nitrogen and oxygen atoms in total. The fourth-order valence-corrected chi connectivity index (χ4v) is 2.62. The van der Waals surface area contributed by atoms with E-state index >= 15 is 0 Å². The highest BCUT2D eigenvalue weighted by molar-refractivity contribution is 5.91. The predicted octanol–water partition coefficient (Wildman–Crippen LogP) is 1.79. The van der Waals surface area contributed by atoms with Crippen LogP contribution in [0.15, 0.2) is 35.3 Å². The van der Waals surface area contributed by atoms with Crippen molar-refractivity contribution in [3.05, 3.63) is 47.2 Å². The van der Waals surface area contributed by atoms with Crippen LogP contribution in [0.2, 0.25) is 0 Å². The molecular weight excluding hydrogens is 370 g/mol. The van der Waals surface area contributed by atoms with Crippen molar-refractivity contribution in [2.24, 2.45) is 16.5 Å². The number of nitrogen functional groups attached to an aromatic ring is 1. The number of benzene rings is 1. The van der Waals surface area contributed by atoms with Gasteiger partial charge in [-0.25, -0.2) is 4.68 Å². The molecule has 0 bridgehead atoms. The molecule has 0 amide bonds. The molecule has 1 aromatic heterocycles. The zero-order valence-electron chi connectivity index (χ0n) is 17.3. The molecule has 0 aliphatic rings.